The molecule has 4 rings (SSSR count). The summed E-state index contributed by atoms with van der Waals surface area (Å²) in [5.41, 5.74) is 0.588. The summed E-state index contributed by atoms with van der Waals surface area (Å²) in [6.45, 7) is -0.631. The summed E-state index contributed by atoms with van der Waals surface area (Å²) >= 11 is 0. The summed E-state index contributed by atoms with van der Waals surface area (Å²) in [5, 5.41) is 9.56. The van der Waals surface area contributed by atoms with Crippen LogP contribution in [0.15, 0.2) is 77.7 Å². The van der Waals surface area contributed by atoms with Gasteiger partial charge in [-0.1, -0.05) is 30.3 Å². The molecule has 8 nitrogen and oxygen atoms in total. The van der Waals surface area contributed by atoms with Gasteiger partial charge in [-0.15, -0.1) is 0 Å². The molecule has 0 radical (unpaired) electrons. The van der Waals surface area contributed by atoms with Gasteiger partial charge >= 0.3 is 5.97 Å². The smallest absolute Gasteiger partial charge is 0.326 e. The van der Waals surface area contributed by atoms with Crippen molar-refractivity contribution in [2.45, 2.75) is 17.5 Å². The summed E-state index contributed by atoms with van der Waals surface area (Å²) in [6.07, 6.45) is 0. The van der Waals surface area contributed by atoms with Crippen molar-refractivity contribution in [1.29, 1.82) is 0 Å². The molecule has 1 amide bonds. The standard InChI is InChI=1S/C24H21FN2O6S/c1-33-24(30)22-15-26(23(29)19-7-3-4-8-20(19)25)21-9-5-2-6-16(21)14-27(22)34(31,32)18-12-10-17(28)11-13-18/h2-13,22,28H,14-15H2,1H3. The number of esters is 1. The first-order chi connectivity index (χ1) is 16.2. The van der Waals surface area contributed by atoms with Crippen molar-refractivity contribution in [3.8, 4) is 5.75 Å². The lowest BCUT2D eigenvalue weighted by Gasteiger charge is -2.29. The molecular formula is C24H21FN2O6S. The molecule has 3 aromatic carbocycles. The lowest BCUT2D eigenvalue weighted by molar-refractivity contribution is -0.144. The third-order valence-electron chi connectivity index (χ3n) is 5.58. The van der Waals surface area contributed by atoms with E-state index in [9.17, 15) is 27.5 Å². The number of aromatic hydroxyl groups is 1. The quantitative estimate of drug-likeness (QED) is 0.571. The van der Waals surface area contributed by atoms with Crippen molar-refractivity contribution in [3.63, 3.8) is 0 Å². The van der Waals surface area contributed by atoms with Crippen LogP contribution in [0.5, 0.6) is 5.75 Å². The Morgan fingerprint density at radius 2 is 1.65 bits per heavy atom. The van der Waals surface area contributed by atoms with Crippen LogP contribution >= 0.6 is 0 Å². The summed E-state index contributed by atoms with van der Waals surface area (Å²) in [5.74, 6) is -2.45. The minimum absolute atomic E-state index is 0.119. The van der Waals surface area contributed by atoms with Crippen LogP contribution in [0.3, 0.4) is 0 Å². The average molecular weight is 485 g/mol. The van der Waals surface area contributed by atoms with Crippen LogP contribution < -0.4 is 4.90 Å². The van der Waals surface area contributed by atoms with Crippen LogP contribution in [0.2, 0.25) is 0 Å². The van der Waals surface area contributed by atoms with E-state index in [1.54, 1.807) is 24.3 Å². The number of carbonyl (C=O) groups is 2. The van der Waals surface area contributed by atoms with E-state index in [1.165, 1.54) is 47.4 Å². The van der Waals surface area contributed by atoms with Crippen molar-refractivity contribution in [3.05, 3.63) is 89.7 Å². The van der Waals surface area contributed by atoms with E-state index in [4.69, 9.17) is 4.74 Å². The number of phenols is 1. The number of ether oxygens (including phenoxy) is 1. The van der Waals surface area contributed by atoms with Crippen LogP contribution in [0.4, 0.5) is 10.1 Å². The number of para-hydroxylation sites is 1. The lowest BCUT2D eigenvalue weighted by Crippen LogP contribution is -2.50. The van der Waals surface area contributed by atoms with Gasteiger partial charge in [0.15, 0.2) is 0 Å². The van der Waals surface area contributed by atoms with Crippen molar-refractivity contribution in [2.24, 2.45) is 0 Å². The second-order valence-electron chi connectivity index (χ2n) is 7.61. The van der Waals surface area contributed by atoms with Crippen LogP contribution in [-0.4, -0.2) is 49.4 Å². The van der Waals surface area contributed by atoms with Gasteiger partial charge in [0.2, 0.25) is 10.0 Å². The molecule has 1 aliphatic rings. The van der Waals surface area contributed by atoms with Gasteiger partial charge in [0, 0.05) is 12.2 Å². The fourth-order valence-corrected chi connectivity index (χ4v) is 5.40. The Morgan fingerprint density at radius 3 is 2.32 bits per heavy atom. The molecule has 1 aliphatic heterocycles. The second kappa shape index (κ2) is 9.24. The summed E-state index contributed by atoms with van der Waals surface area (Å²) in [4.78, 5) is 27.2. The Kier molecular flexibility index (Phi) is 6.36. The number of anilines is 1. The largest absolute Gasteiger partial charge is 0.508 e. The Bertz CT molecular complexity index is 1340. The normalized spacial score (nSPS) is 16.4. The maximum absolute atomic E-state index is 14.4. The molecule has 0 fully saturated rings. The number of phenolic OH excluding ortho intramolecular Hbond substituents is 1. The van der Waals surface area contributed by atoms with E-state index in [-0.39, 0.29) is 22.8 Å². The third-order valence-corrected chi connectivity index (χ3v) is 7.45. The molecule has 1 heterocycles. The predicted octanol–water partition coefficient (Wildman–Crippen LogP) is 2.92. The highest BCUT2D eigenvalue weighted by molar-refractivity contribution is 7.89. The van der Waals surface area contributed by atoms with E-state index in [2.05, 4.69) is 0 Å². The summed E-state index contributed by atoms with van der Waals surface area (Å²) in [7, 11) is -3.14. The number of carbonyl (C=O) groups excluding carboxylic acids is 2. The molecule has 176 valence electrons. The molecule has 10 heteroatoms. The molecule has 0 aromatic heterocycles. The molecule has 0 aliphatic carbocycles. The van der Waals surface area contributed by atoms with Gasteiger partial charge in [0.25, 0.3) is 5.91 Å². The van der Waals surface area contributed by atoms with Gasteiger partial charge < -0.3 is 14.7 Å². The molecule has 1 N–H and O–H groups in total. The number of nitrogens with zero attached hydrogens (tertiary/aromatic N) is 2. The van der Waals surface area contributed by atoms with E-state index in [1.807, 2.05) is 0 Å². The van der Waals surface area contributed by atoms with Gasteiger partial charge in [-0.3, -0.25) is 9.59 Å². The van der Waals surface area contributed by atoms with Crippen LogP contribution in [0.1, 0.15) is 15.9 Å². The van der Waals surface area contributed by atoms with Crippen LogP contribution in [-0.2, 0) is 26.1 Å². The zero-order chi connectivity index (χ0) is 24.5. The zero-order valence-electron chi connectivity index (χ0n) is 18.1. The van der Waals surface area contributed by atoms with Gasteiger partial charge in [-0.2, -0.15) is 4.31 Å². The van der Waals surface area contributed by atoms with E-state index in [0.717, 1.165) is 17.5 Å². The minimum Gasteiger partial charge on any atom is -0.508 e. The molecule has 0 saturated heterocycles. The van der Waals surface area contributed by atoms with Crippen molar-refractivity contribution < 1.29 is 32.2 Å². The highest BCUT2D eigenvalue weighted by Crippen LogP contribution is 2.33. The first kappa shape index (κ1) is 23.4. The highest BCUT2D eigenvalue weighted by Gasteiger charge is 2.42. The summed E-state index contributed by atoms with van der Waals surface area (Å²) in [6, 6.07) is 15.5. The lowest BCUT2D eigenvalue weighted by atomic mass is 10.1. The second-order valence-corrected chi connectivity index (χ2v) is 9.50. The maximum atomic E-state index is 14.4. The van der Waals surface area contributed by atoms with Crippen molar-refractivity contribution in [2.75, 3.05) is 18.6 Å². The average Bonchev–Trinajstić information content (AvgIpc) is 3.01. The molecule has 3 aromatic rings. The SMILES string of the molecule is COC(=O)C1CN(C(=O)c2ccccc2F)c2ccccc2CN1S(=O)(=O)c1ccc(O)cc1. The molecular weight excluding hydrogens is 463 g/mol. The van der Waals surface area contributed by atoms with E-state index < -0.39 is 40.3 Å². The number of methoxy groups -OCH3 is 1. The molecule has 1 unspecified atom stereocenters. The molecule has 0 spiro atoms. The minimum atomic E-state index is -4.26. The van der Waals surface area contributed by atoms with Crippen LogP contribution in [0, 0.1) is 5.82 Å². The Hall–Kier alpha value is -3.76. The Morgan fingerprint density at radius 1 is 1.00 bits per heavy atom. The number of hydrogen-bond donors (Lipinski definition) is 1. The number of rotatable bonds is 4. The molecule has 1 atom stereocenters. The van der Waals surface area contributed by atoms with Crippen molar-refractivity contribution >= 4 is 27.6 Å². The first-order valence-electron chi connectivity index (χ1n) is 10.3. The number of halogens is 1. The van der Waals surface area contributed by atoms with Crippen LogP contribution in [0.25, 0.3) is 0 Å². The fraction of sp³-hybridized carbons (Fsp3) is 0.167. The van der Waals surface area contributed by atoms with Gasteiger partial charge in [0.05, 0.1) is 24.1 Å². The number of fused-ring (bicyclic) bond motifs is 1. The fourth-order valence-electron chi connectivity index (χ4n) is 3.85. The van der Waals surface area contributed by atoms with Crippen molar-refractivity contribution in [1.82, 2.24) is 4.31 Å². The van der Waals surface area contributed by atoms with Gasteiger partial charge in [0.1, 0.15) is 17.6 Å². The maximum Gasteiger partial charge on any atom is 0.326 e. The van der Waals surface area contributed by atoms with Gasteiger partial charge in [-0.25, -0.2) is 12.8 Å². The first-order valence-corrected chi connectivity index (χ1v) is 11.7. The Labute approximate surface area is 195 Å². The summed E-state index contributed by atoms with van der Waals surface area (Å²) < 4.78 is 47.4. The number of hydrogen-bond acceptors (Lipinski definition) is 6. The predicted molar refractivity (Wildman–Crippen MR) is 121 cm³/mol. The molecule has 0 bridgehead atoms. The Balaban J connectivity index is 1.86. The monoisotopic (exact) mass is 484 g/mol. The van der Waals surface area contributed by atoms with E-state index >= 15 is 0 Å². The number of sulfonamides is 1. The van der Waals surface area contributed by atoms with Gasteiger partial charge in [-0.05, 0) is 48.0 Å². The topological polar surface area (TPSA) is 104 Å². The van der Waals surface area contributed by atoms with E-state index in [0.29, 0.717) is 11.3 Å². The number of amides is 1. The molecule has 0 saturated carbocycles. The number of benzene rings is 3. The zero-order valence-corrected chi connectivity index (χ0v) is 18.9. The third kappa shape index (κ3) is 4.25. The highest BCUT2D eigenvalue weighted by atomic mass is 32.2. The molecule has 34 heavy (non-hydrogen) atoms.